The second-order valence-corrected chi connectivity index (χ2v) is 5.20. The highest BCUT2D eigenvalue weighted by Crippen LogP contribution is 2.33. The molecule has 20 heavy (non-hydrogen) atoms. The zero-order chi connectivity index (χ0) is 14.8. The first-order valence-corrected chi connectivity index (χ1v) is 6.43. The summed E-state index contributed by atoms with van der Waals surface area (Å²) in [4.78, 5) is 10.8. The topological polar surface area (TPSA) is 66.8 Å². The van der Waals surface area contributed by atoms with Crippen LogP contribution in [0.4, 0.5) is 8.78 Å². The average molecular weight is 286 g/mol. The maximum atomic E-state index is 13.4. The number of ether oxygens (including phenoxy) is 1. The van der Waals surface area contributed by atoms with Gasteiger partial charge < -0.3 is 14.9 Å². The van der Waals surface area contributed by atoms with Crippen LogP contribution in [-0.4, -0.2) is 28.4 Å². The summed E-state index contributed by atoms with van der Waals surface area (Å²) in [5.74, 6) is -2.90. The number of aliphatic hydroxyl groups is 1. The van der Waals surface area contributed by atoms with Crippen LogP contribution in [-0.2, 0) is 4.79 Å². The second-order valence-electron chi connectivity index (χ2n) is 5.20. The molecule has 6 heteroatoms. The molecule has 0 heterocycles. The molecule has 110 valence electrons. The largest absolute Gasteiger partial charge is 0.487 e. The van der Waals surface area contributed by atoms with Gasteiger partial charge in [0.15, 0.2) is 11.6 Å². The molecule has 1 aliphatic carbocycles. The van der Waals surface area contributed by atoms with E-state index in [9.17, 15) is 18.7 Å². The van der Waals surface area contributed by atoms with E-state index in [1.807, 2.05) is 0 Å². The average Bonchev–Trinajstić information content (AvgIpc) is 2.40. The lowest BCUT2D eigenvalue weighted by Crippen LogP contribution is -2.41. The van der Waals surface area contributed by atoms with Crippen LogP contribution in [0.25, 0.3) is 0 Å². The molecule has 2 rings (SSSR count). The van der Waals surface area contributed by atoms with Crippen molar-refractivity contribution < 1.29 is 28.5 Å². The van der Waals surface area contributed by atoms with Gasteiger partial charge in [0, 0.05) is 6.07 Å². The fraction of sp³-hybridized carbons (Fsp3) is 0.500. The molecule has 0 amide bonds. The summed E-state index contributed by atoms with van der Waals surface area (Å²) in [5.41, 5.74) is -1.19. The van der Waals surface area contributed by atoms with E-state index < -0.39 is 29.1 Å². The van der Waals surface area contributed by atoms with Crippen molar-refractivity contribution in [1.82, 2.24) is 0 Å². The van der Waals surface area contributed by atoms with Crippen LogP contribution >= 0.6 is 0 Å². The van der Waals surface area contributed by atoms with Crippen molar-refractivity contribution >= 4 is 5.97 Å². The monoisotopic (exact) mass is 286 g/mol. The zero-order valence-electron chi connectivity index (χ0n) is 10.8. The SMILES string of the molecule is O=C(O)C1CCC(O)(COc2cc(F)ccc2F)CC1. The normalized spacial score (nSPS) is 26.2. The van der Waals surface area contributed by atoms with E-state index in [0.717, 1.165) is 18.2 Å². The number of hydrogen-bond donors (Lipinski definition) is 2. The second kappa shape index (κ2) is 5.75. The van der Waals surface area contributed by atoms with Crippen LogP contribution in [0.1, 0.15) is 25.7 Å². The number of rotatable bonds is 4. The van der Waals surface area contributed by atoms with Crippen molar-refractivity contribution in [3.8, 4) is 5.75 Å². The number of carboxylic acids is 1. The Bertz CT molecular complexity index is 496. The van der Waals surface area contributed by atoms with E-state index >= 15 is 0 Å². The Morgan fingerprint density at radius 2 is 2.00 bits per heavy atom. The van der Waals surface area contributed by atoms with E-state index in [0.29, 0.717) is 12.8 Å². The molecule has 0 aromatic heterocycles. The molecule has 4 nitrogen and oxygen atoms in total. The van der Waals surface area contributed by atoms with Crippen LogP contribution in [0.15, 0.2) is 18.2 Å². The molecule has 1 saturated carbocycles. The molecule has 0 aliphatic heterocycles. The lowest BCUT2D eigenvalue weighted by atomic mass is 9.79. The molecule has 1 fully saturated rings. The molecule has 2 N–H and O–H groups in total. The van der Waals surface area contributed by atoms with Crippen molar-refractivity contribution in [1.29, 1.82) is 0 Å². The minimum Gasteiger partial charge on any atom is -0.487 e. The molecular weight excluding hydrogens is 270 g/mol. The lowest BCUT2D eigenvalue weighted by Gasteiger charge is -2.34. The van der Waals surface area contributed by atoms with Crippen molar-refractivity contribution in [3.63, 3.8) is 0 Å². The number of carboxylic acid groups (broad SMARTS) is 1. The van der Waals surface area contributed by atoms with E-state index in [1.165, 1.54) is 0 Å². The van der Waals surface area contributed by atoms with Gasteiger partial charge in [-0.15, -0.1) is 0 Å². The number of benzene rings is 1. The van der Waals surface area contributed by atoms with E-state index in [-0.39, 0.29) is 25.2 Å². The first-order valence-electron chi connectivity index (χ1n) is 6.43. The minimum absolute atomic E-state index is 0.181. The summed E-state index contributed by atoms with van der Waals surface area (Å²) in [7, 11) is 0. The Morgan fingerprint density at radius 3 is 2.60 bits per heavy atom. The molecule has 0 saturated heterocycles. The first-order chi connectivity index (χ1) is 9.39. The van der Waals surface area contributed by atoms with Gasteiger partial charge in [-0.1, -0.05) is 0 Å². The maximum absolute atomic E-state index is 13.4. The smallest absolute Gasteiger partial charge is 0.306 e. The minimum atomic E-state index is -1.19. The number of aliphatic carboxylic acids is 1. The van der Waals surface area contributed by atoms with E-state index in [1.54, 1.807) is 0 Å². The van der Waals surface area contributed by atoms with Gasteiger partial charge in [0.1, 0.15) is 12.4 Å². The maximum Gasteiger partial charge on any atom is 0.306 e. The summed E-state index contributed by atoms with van der Waals surface area (Å²) in [5, 5.41) is 19.1. The van der Waals surface area contributed by atoms with Crippen molar-refractivity contribution in [2.75, 3.05) is 6.61 Å². The Balaban J connectivity index is 1.94. The van der Waals surface area contributed by atoms with Crippen LogP contribution < -0.4 is 4.74 Å². The number of halogens is 2. The molecule has 0 spiro atoms. The first kappa shape index (κ1) is 14.7. The van der Waals surface area contributed by atoms with Crippen LogP contribution in [0, 0.1) is 17.6 Å². The summed E-state index contributed by atoms with van der Waals surface area (Å²) in [6.07, 6.45) is 1.23. The quantitative estimate of drug-likeness (QED) is 0.891. The van der Waals surface area contributed by atoms with Gasteiger partial charge in [-0.25, -0.2) is 8.78 Å². The highest BCUT2D eigenvalue weighted by atomic mass is 19.1. The third-order valence-corrected chi connectivity index (χ3v) is 3.66. The molecule has 1 aromatic rings. The standard InChI is InChI=1S/C14H16F2O4/c15-10-1-2-11(16)12(7-10)20-8-14(19)5-3-9(4-6-14)13(17)18/h1-2,7,9,19H,3-6,8H2,(H,17,18). The van der Waals surface area contributed by atoms with Gasteiger partial charge in [-0.2, -0.15) is 0 Å². The van der Waals surface area contributed by atoms with Gasteiger partial charge in [0.25, 0.3) is 0 Å². The highest BCUT2D eigenvalue weighted by molar-refractivity contribution is 5.70. The highest BCUT2D eigenvalue weighted by Gasteiger charge is 2.36. The van der Waals surface area contributed by atoms with Gasteiger partial charge in [0.2, 0.25) is 0 Å². The summed E-state index contributed by atoms with van der Waals surface area (Å²) >= 11 is 0. The van der Waals surface area contributed by atoms with Crippen LogP contribution in [0.5, 0.6) is 5.75 Å². The van der Waals surface area contributed by atoms with E-state index in [2.05, 4.69) is 0 Å². The Kier molecular flexibility index (Phi) is 4.23. The molecule has 1 aromatic carbocycles. The fourth-order valence-electron chi connectivity index (χ4n) is 2.35. The van der Waals surface area contributed by atoms with Crippen molar-refractivity contribution in [3.05, 3.63) is 29.8 Å². The van der Waals surface area contributed by atoms with Crippen LogP contribution in [0.3, 0.4) is 0 Å². The van der Waals surface area contributed by atoms with Crippen molar-refractivity contribution in [2.45, 2.75) is 31.3 Å². The molecule has 0 bridgehead atoms. The van der Waals surface area contributed by atoms with E-state index in [4.69, 9.17) is 9.84 Å². The van der Waals surface area contributed by atoms with Gasteiger partial charge >= 0.3 is 5.97 Å². The third-order valence-electron chi connectivity index (χ3n) is 3.66. The number of hydrogen-bond acceptors (Lipinski definition) is 3. The zero-order valence-corrected chi connectivity index (χ0v) is 10.8. The summed E-state index contributed by atoms with van der Waals surface area (Å²) in [6, 6.07) is 2.85. The Hall–Kier alpha value is -1.69. The molecular formula is C14H16F2O4. The van der Waals surface area contributed by atoms with Gasteiger partial charge in [0.05, 0.1) is 11.5 Å². The van der Waals surface area contributed by atoms with Gasteiger partial charge in [-0.3, -0.25) is 4.79 Å². The summed E-state index contributed by atoms with van der Waals surface area (Å²) in [6.45, 7) is -0.181. The van der Waals surface area contributed by atoms with Crippen LogP contribution in [0.2, 0.25) is 0 Å². The Morgan fingerprint density at radius 1 is 1.35 bits per heavy atom. The molecule has 0 unspecified atom stereocenters. The van der Waals surface area contributed by atoms with Crippen molar-refractivity contribution in [2.24, 2.45) is 5.92 Å². The fourth-order valence-corrected chi connectivity index (χ4v) is 2.35. The molecule has 0 atom stereocenters. The molecule has 1 aliphatic rings. The summed E-state index contributed by atoms with van der Waals surface area (Å²) < 4.78 is 31.5. The predicted octanol–water partition coefficient (Wildman–Crippen LogP) is 2.35. The third kappa shape index (κ3) is 3.45. The van der Waals surface area contributed by atoms with Gasteiger partial charge in [-0.05, 0) is 37.8 Å². The Labute approximate surface area is 115 Å². The lowest BCUT2D eigenvalue weighted by molar-refractivity contribution is -0.145. The predicted molar refractivity (Wildman–Crippen MR) is 66.4 cm³/mol. The number of carbonyl (C=O) groups is 1. The molecule has 0 radical (unpaired) electrons.